The number of primary sulfonamides is 1. The average Bonchev–Trinajstić information content (AvgIpc) is 2.69. The minimum Gasteiger partial charge on any atom is -0.495 e. The first-order chi connectivity index (χ1) is 13.6. The summed E-state index contributed by atoms with van der Waals surface area (Å²) in [6.07, 6.45) is 0. The first kappa shape index (κ1) is 21.1. The number of benzene rings is 3. The number of ether oxygens (including phenoxy) is 1. The highest BCUT2D eigenvalue weighted by Gasteiger charge is 2.30. The lowest BCUT2D eigenvalue weighted by Gasteiger charge is -2.17. The number of sulfonamides is 1. The fraction of sp³-hybridized carbons (Fsp3) is 0.0526. The number of methoxy groups -OCH3 is 1. The molecule has 0 unspecified atom stereocenters. The topological polar surface area (TPSA) is 69.4 Å². The van der Waals surface area contributed by atoms with Crippen molar-refractivity contribution in [3.8, 4) is 28.0 Å². The Balaban J connectivity index is 2.50. The lowest BCUT2D eigenvalue weighted by molar-refractivity contribution is 0.411. The molecule has 0 bridgehead atoms. The summed E-state index contributed by atoms with van der Waals surface area (Å²) in [6, 6.07) is 8.44. The van der Waals surface area contributed by atoms with E-state index in [1.54, 1.807) is 0 Å². The molecule has 3 aromatic carbocycles. The Hall–Kier alpha value is -2.62. The van der Waals surface area contributed by atoms with Crippen LogP contribution < -0.4 is 9.88 Å². The molecule has 0 radical (unpaired) electrons. The molecule has 0 aliphatic heterocycles. The van der Waals surface area contributed by atoms with Crippen LogP contribution in [-0.2, 0) is 10.0 Å². The second-order valence-electron chi connectivity index (χ2n) is 5.90. The van der Waals surface area contributed by atoms with Crippen molar-refractivity contribution in [3.05, 3.63) is 70.8 Å². The van der Waals surface area contributed by atoms with Crippen molar-refractivity contribution in [3.63, 3.8) is 0 Å². The number of halogens is 5. The molecule has 29 heavy (non-hydrogen) atoms. The Morgan fingerprint density at radius 2 is 1.48 bits per heavy atom. The van der Waals surface area contributed by atoms with Gasteiger partial charge in [-0.25, -0.2) is 31.1 Å². The Morgan fingerprint density at radius 3 is 2.07 bits per heavy atom. The van der Waals surface area contributed by atoms with Crippen LogP contribution in [0.5, 0.6) is 5.75 Å². The van der Waals surface area contributed by atoms with Crippen molar-refractivity contribution in [1.29, 1.82) is 0 Å². The molecule has 152 valence electrons. The fourth-order valence-corrected chi connectivity index (χ4v) is 3.83. The zero-order chi connectivity index (χ0) is 21.5. The highest BCUT2D eigenvalue weighted by molar-refractivity contribution is 7.89. The van der Waals surface area contributed by atoms with Crippen LogP contribution >= 0.6 is 11.6 Å². The number of hydrogen-bond acceptors (Lipinski definition) is 3. The van der Waals surface area contributed by atoms with Gasteiger partial charge in [-0.1, -0.05) is 35.9 Å². The minimum atomic E-state index is -4.40. The van der Waals surface area contributed by atoms with Crippen LogP contribution in [0.15, 0.2) is 47.4 Å². The summed E-state index contributed by atoms with van der Waals surface area (Å²) in [4.78, 5) is -0.591. The second-order valence-corrected chi connectivity index (χ2v) is 7.83. The van der Waals surface area contributed by atoms with Crippen LogP contribution in [0.3, 0.4) is 0 Å². The lowest BCUT2D eigenvalue weighted by atomic mass is 9.92. The van der Waals surface area contributed by atoms with Crippen molar-refractivity contribution >= 4 is 21.6 Å². The molecule has 0 saturated carbocycles. The van der Waals surface area contributed by atoms with Crippen LogP contribution in [0.25, 0.3) is 22.3 Å². The summed E-state index contributed by atoms with van der Waals surface area (Å²) in [6.45, 7) is 0. The number of nitrogens with two attached hydrogens (primary N) is 1. The van der Waals surface area contributed by atoms with E-state index in [1.807, 2.05) is 0 Å². The van der Waals surface area contributed by atoms with Crippen molar-refractivity contribution in [2.75, 3.05) is 7.11 Å². The summed E-state index contributed by atoms with van der Waals surface area (Å²) in [5.41, 5.74) is -2.09. The average molecular weight is 446 g/mol. The van der Waals surface area contributed by atoms with Gasteiger partial charge in [-0.3, -0.25) is 0 Å². The van der Waals surface area contributed by atoms with Gasteiger partial charge >= 0.3 is 0 Å². The van der Waals surface area contributed by atoms with E-state index in [2.05, 4.69) is 0 Å². The minimum absolute atomic E-state index is 0.0550. The smallest absolute Gasteiger partial charge is 0.238 e. The van der Waals surface area contributed by atoms with Gasteiger partial charge in [0.25, 0.3) is 0 Å². The predicted molar refractivity (Wildman–Crippen MR) is 100 cm³/mol. The van der Waals surface area contributed by atoms with E-state index in [0.29, 0.717) is 0 Å². The molecule has 0 aliphatic carbocycles. The maximum Gasteiger partial charge on any atom is 0.238 e. The molecule has 0 fully saturated rings. The van der Waals surface area contributed by atoms with Gasteiger partial charge in [0.2, 0.25) is 10.0 Å². The largest absolute Gasteiger partial charge is 0.495 e. The first-order valence-electron chi connectivity index (χ1n) is 7.90. The highest BCUT2D eigenvalue weighted by atomic mass is 35.5. The third-order valence-electron chi connectivity index (χ3n) is 4.17. The van der Waals surface area contributed by atoms with Crippen LogP contribution in [0.2, 0.25) is 5.02 Å². The zero-order valence-corrected chi connectivity index (χ0v) is 16.2. The van der Waals surface area contributed by atoms with Crippen molar-refractivity contribution < 1.29 is 30.7 Å². The van der Waals surface area contributed by atoms with Gasteiger partial charge in [0.1, 0.15) is 5.75 Å². The van der Waals surface area contributed by atoms with Crippen molar-refractivity contribution in [1.82, 2.24) is 0 Å². The van der Waals surface area contributed by atoms with Gasteiger partial charge in [0, 0.05) is 16.7 Å². The van der Waals surface area contributed by atoms with Gasteiger partial charge in [0.05, 0.1) is 17.0 Å². The van der Waals surface area contributed by atoms with Crippen LogP contribution in [0.4, 0.5) is 17.6 Å². The molecule has 3 aromatic rings. The summed E-state index contributed by atoms with van der Waals surface area (Å²) >= 11 is 5.93. The number of hydrogen-bond donors (Lipinski definition) is 1. The normalized spacial score (nSPS) is 11.6. The van der Waals surface area contributed by atoms with E-state index in [1.165, 1.54) is 37.4 Å². The summed E-state index contributed by atoms with van der Waals surface area (Å²) in [5, 5.41) is 5.29. The maximum absolute atomic E-state index is 14.8. The Labute approximate surface area is 168 Å². The monoisotopic (exact) mass is 445 g/mol. The Bertz CT molecular complexity index is 1230. The van der Waals surface area contributed by atoms with Crippen LogP contribution in [0.1, 0.15) is 0 Å². The molecule has 2 N–H and O–H groups in total. The van der Waals surface area contributed by atoms with E-state index >= 15 is 0 Å². The summed E-state index contributed by atoms with van der Waals surface area (Å²) in [7, 11) is -3.14. The molecule has 10 heteroatoms. The number of rotatable bonds is 4. The molecule has 0 saturated heterocycles. The van der Waals surface area contributed by atoms with Crippen LogP contribution in [-0.4, -0.2) is 15.5 Å². The van der Waals surface area contributed by atoms with Crippen LogP contribution in [0, 0.1) is 23.3 Å². The van der Waals surface area contributed by atoms with Gasteiger partial charge in [-0.2, -0.15) is 0 Å². The van der Waals surface area contributed by atoms with Crippen molar-refractivity contribution in [2.24, 2.45) is 5.14 Å². The lowest BCUT2D eigenvalue weighted by Crippen LogP contribution is -2.14. The standard InChI is InChI=1S/C19H12ClF4NO3S/c1-28-12-8-9(6-7-11(12)20)14-15(17(22)19(24)18(23)16(14)21)10-4-2-3-5-13(10)29(25,26)27/h2-8H,1H3,(H2,25,26,27). The molecule has 0 aliphatic rings. The van der Waals surface area contributed by atoms with Gasteiger partial charge in [0.15, 0.2) is 23.3 Å². The van der Waals surface area contributed by atoms with E-state index in [9.17, 15) is 26.0 Å². The Morgan fingerprint density at radius 1 is 0.897 bits per heavy atom. The molecule has 4 nitrogen and oxygen atoms in total. The van der Waals surface area contributed by atoms with Crippen molar-refractivity contribution in [2.45, 2.75) is 4.90 Å². The molecular weight excluding hydrogens is 434 g/mol. The molecule has 0 atom stereocenters. The summed E-state index contributed by atoms with van der Waals surface area (Å²) in [5.74, 6) is -7.58. The second kappa shape index (κ2) is 7.66. The molecule has 0 amide bonds. The third kappa shape index (κ3) is 3.68. The van der Waals surface area contributed by atoms with E-state index in [0.717, 1.165) is 12.1 Å². The molecular formula is C19H12ClF4NO3S. The molecule has 0 spiro atoms. The fourth-order valence-electron chi connectivity index (χ4n) is 2.89. The molecule has 0 aromatic heterocycles. The van der Waals surface area contributed by atoms with E-state index in [4.69, 9.17) is 21.5 Å². The highest BCUT2D eigenvalue weighted by Crippen LogP contribution is 2.42. The predicted octanol–water partition coefficient (Wildman–Crippen LogP) is 4.89. The Kier molecular flexibility index (Phi) is 5.57. The van der Waals surface area contributed by atoms with Gasteiger partial charge in [-0.15, -0.1) is 0 Å². The SMILES string of the molecule is COc1cc(-c2c(F)c(F)c(F)c(F)c2-c2ccccc2S(N)(=O)=O)ccc1Cl. The van der Waals surface area contributed by atoms with Gasteiger partial charge in [-0.05, 0) is 23.8 Å². The van der Waals surface area contributed by atoms with E-state index in [-0.39, 0.29) is 16.3 Å². The zero-order valence-electron chi connectivity index (χ0n) is 14.6. The maximum atomic E-state index is 14.8. The van der Waals surface area contributed by atoms with Gasteiger partial charge < -0.3 is 4.74 Å². The first-order valence-corrected chi connectivity index (χ1v) is 9.82. The molecule has 3 rings (SSSR count). The summed E-state index contributed by atoms with van der Waals surface area (Å²) < 4.78 is 86.6. The molecule has 0 heterocycles. The quantitative estimate of drug-likeness (QED) is 0.353. The third-order valence-corrected chi connectivity index (χ3v) is 5.45. The van der Waals surface area contributed by atoms with E-state index < -0.39 is 54.9 Å².